The van der Waals surface area contributed by atoms with Crippen molar-refractivity contribution in [2.75, 3.05) is 0 Å². The first-order valence-corrected chi connectivity index (χ1v) is 2.19. The Labute approximate surface area is 47.1 Å². The van der Waals surface area contributed by atoms with E-state index in [9.17, 15) is 0 Å². The summed E-state index contributed by atoms with van der Waals surface area (Å²) in [5.41, 5.74) is 0. The molecule has 2 heteroatoms. The SMILES string of the molecule is OC1=[C+]C=CC=C1O. The van der Waals surface area contributed by atoms with Gasteiger partial charge in [0.1, 0.15) is 6.08 Å². The van der Waals surface area contributed by atoms with Crippen LogP contribution in [0.1, 0.15) is 0 Å². The van der Waals surface area contributed by atoms with E-state index in [1.807, 2.05) is 0 Å². The van der Waals surface area contributed by atoms with Crippen molar-refractivity contribution in [2.24, 2.45) is 0 Å². The maximum Gasteiger partial charge on any atom is 0.331 e. The van der Waals surface area contributed by atoms with E-state index in [-0.39, 0.29) is 11.5 Å². The summed E-state index contributed by atoms with van der Waals surface area (Å²) in [7, 11) is 0. The van der Waals surface area contributed by atoms with Gasteiger partial charge in [-0.15, -0.1) is 0 Å². The molecule has 1 aliphatic carbocycles. The van der Waals surface area contributed by atoms with Crippen LogP contribution in [0.15, 0.2) is 29.7 Å². The highest BCUT2D eigenvalue weighted by Gasteiger charge is 2.10. The third kappa shape index (κ3) is 0.695. The molecular formula is C6H5O2+. The molecule has 0 heterocycles. The molecule has 0 bridgehead atoms. The molecule has 0 saturated heterocycles. The second-order valence-electron chi connectivity index (χ2n) is 1.40. The van der Waals surface area contributed by atoms with Crippen molar-refractivity contribution in [2.45, 2.75) is 0 Å². The largest absolute Gasteiger partial charge is 0.478 e. The number of hydrogen-bond acceptors (Lipinski definition) is 2. The highest BCUT2D eigenvalue weighted by molar-refractivity contribution is 5.28. The molecule has 0 fully saturated rings. The lowest BCUT2D eigenvalue weighted by atomic mass is 10.2. The molecule has 1 rings (SSSR count). The van der Waals surface area contributed by atoms with E-state index in [1.54, 1.807) is 6.08 Å². The van der Waals surface area contributed by atoms with E-state index in [2.05, 4.69) is 6.08 Å². The first-order chi connectivity index (χ1) is 3.80. The van der Waals surface area contributed by atoms with Gasteiger partial charge in [-0.3, -0.25) is 0 Å². The van der Waals surface area contributed by atoms with Crippen molar-refractivity contribution in [3.05, 3.63) is 35.8 Å². The Kier molecular flexibility index (Phi) is 1.03. The first-order valence-electron chi connectivity index (χ1n) is 2.19. The fraction of sp³-hybridized carbons (Fsp3) is 0. The zero-order chi connectivity index (χ0) is 5.98. The second kappa shape index (κ2) is 1.68. The average molecular weight is 109 g/mol. The zero-order valence-corrected chi connectivity index (χ0v) is 4.13. The third-order valence-corrected chi connectivity index (χ3v) is 0.813. The molecule has 0 spiro atoms. The van der Waals surface area contributed by atoms with Crippen LogP contribution in [0.4, 0.5) is 0 Å². The predicted molar refractivity (Wildman–Crippen MR) is 29.2 cm³/mol. The van der Waals surface area contributed by atoms with E-state index in [4.69, 9.17) is 10.2 Å². The summed E-state index contributed by atoms with van der Waals surface area (Å²) in [4.78, 5) is 0. The monoisotopic (exact) mass is 109 g/mol. The third-order valence-electron chi connectivity index (χ3n) is 0.813. The van der Waals surface area contributed by atoms with Gasteiger partial charge in [-0.1, -0.05) is 0 Å². The summed E-state index contributed by atoms with van der Waals surface area (Å²) in [5.74, 6) is -0.333. The number of aliphatic hydroxyl groups is 2. The molecule has 0 saturated carbocycles. The molecular weight excluding hydrogens is 104 g/mol. The van der Waals surface area contributed by atoms with Gasteiger partial charge in [0.2, 0.25) is 0 Å². The Balaban J connectivity index is 2.93. The van der Waals surface area contributed by atoms with E-state index in [0.29, 0.717) is 0 Å². The van der Waals surface area contributed by atoms with Gasteiger partial charge >= 0.3 is 5.76 Å². The average Bonchev–Trinajstić information content (AvgIpc) is 1.77. The van der Waals surface area contributed by atoms with Crippen LogP contribution in [0.2, 0.25) is 0 Å². The van der Waals surface area contributed by atoms with Crippen molar-refractivity contribution >= 4 is 0 Å². The molecule has 0 aromatic rings. The fourth-order valence-corrected chi connectivity index (χ4v) is 0.419. The fourth-order valence-electron chi connectivity index (χ4n) is 0.419. The topological polar surface area (TPSA) is 40.5 Å². The number of hydrogen-bond donors (Lipinski definition) is 2. The smallest absolute Gasteiger partial charge is 0.331 e. The van der Waals surface area contributed by atoms with Crippen molar-refractivity contribution < 1.29 is 10.2 Å². The van der Waals surface area contributed by atoms with Crippen LogP contribution in [0.25, 0.3) is 0 Å². The van der Waals surface area contributed by atoms with Crippen molar-refractivity contribution in [3.63, 3.8) is 0 Å². The van der Waals surface area contributed by atoms with Crippen molar-refractivity contribution in [3.8, 4) is 0 Å². The molecule has 0 aromatic heterocycles. The molecule has 0 unspecified atom stereocenters. The number of rotatable bonds is 0. The molecule has 0 aliphatic heterocycles. The van der Waals surface area contributed by atoms with E-state index in [1.165, 1.54) is 12.2 Å². The van der Waals surface area contributed by atoms with Crippen LogP contribution < -0.4 is 0 Å². The van der Waals surface area contributed by atoms with Crippen LogP contribution in [-0.2, 0) is 0 Å². The molecule has 8 heavy (non-hydrogen) atoms. The van der Waals surface area contributed by atoms with Crippen LogP contribution in [0.5, 0.6) is 0 Å². The minimum Gasteiger partial charge on any atom is -0.478 e. The van der Waals surface area contributed by atoms with Gasteiger partial charge in [0, 0.05) is 0 Å². The van der Waals surface area contributed by atoms with Gasteiger partial charge in [0.25, 0.3) is 5.76 Å². The lowest BCUT2D eigenvalue weighted by Gasteiger charge is -1.85. The summed E-state index contributed by atoms with van der Waals surface area (Å²) in [6, 6.07) is 0. The summed E-state index contributed by atoms with van der Waals surface area (Å²) in [5, 5.41) is 17.3. The predicted octanol–water partition coefficient (Wildman–Crippen LogP) is 1.24. The Hall–Kier alpha value is -1.27. The summed E-state index contributed by atoms with van der Waals surface area (Å²) in [6.45, 7) is 0. The Morgan fingerprint density at radius 2 is 2.12 bits per heavy atom. The lowest BCUT2D eigenvalue weighted by Crippen LogP contribution is -1.88. The molecule has 0 atom stereocenters. The molecule has 1 aliphatic rings. The molecule has 0 amide bonds. The minimum atomic E-state index is -0.201. The zero-order valence-electron chi connectivity index (χ0n) is 4.13. The molecule has 0 radical (unpaired) electrons. The maximum absolute atomic E-state index is 8.64. The Bertz CT molecular complexity index is 155. The van der Waals surface area contributed by atoms with Crippen molar-refractivity contribution in [1.82, 2.24) is 0 Å². The van der Waals surface area contributed by atoms with Gasteiger partial charge in [0.05, 0.1) is 18.2 Å². The van der Waals surface area contributed by atoms with Gasteiger partial charge in [-0.2, -0.15) is 0 Å². The van der Waals surface area contributed by atoms with Crippen LogP contribution in [-0.4, -0.2) is 10.2 Å². The molecule has 40 valence electrons. The van der Waals surface area contributed by atoms with E-state index >= 15 is 0 Å². The quantitative estimate of drug-likeness (QED) is 0.459. The molecule has 2 nitrogen and oxygen atoms in total. The van der Waals surface area contributed by atoms with E-state index in [0.717, 1.165) is 0 Å². The van der Waals surface area contributed by atoms with Gasteiger partial charge in [-0.05, 0) is 0 Å². The second-order valence-corrected chi connectivity index (χ2v) is 1.40. The number of allylic oxidation sites excluding steroid dienone is 4. The summed E-state index contributed by atoms with van der Waals surface area (Å²) >= 11 is 0. The van der Waals surface area contributed by atoms with Crippen LogP contribution in [0.3, 0.4) is 0 Å². The minimum absolute atomic E-state index is 0.132. The Morgan fingerprint density at radius 3 is 2.50 bits per heavy atom. The standard InChI is InChI=1S/C6H4O2/c7-5-3-1-2-4-6(5)8/h1-3H,(H-,7,8)/p+1. The normalized spacial score (nSPS) is 16.5. The number of aliphatic hydroxyl groups excluding tert-OH is 2. The first kappa shape index (κ1) is 4.88. The summed E-state index contributed by atoms with van der Waals surface area (Å²) in [6.07, 6.45) is 6.91. The molecule has 0 aromatic carbocycles. The molecule has 2 N–H and O–H groups in total. The Morgan fingerprint density at radius 1 is 1.38 bits per heavy atom. The highest BCUT2D eigenvalue weighted by atomic mass is 16.3. The summed E-state index contributed by atoms with van der Waals surface area (Å²) < 4.78 is 0. The van der Waals surface area contributed by atoms with Gasteiger partial charge < -0.3 is 10.2 Å². The van der Waals surface area contributed by atoms with Gasteiger partial charge in [0.15, 0.2) is 0 Å². The lowest BCUT2D eigenvalue weighted by molar-refractivity contribution is 0.324. The van der Waals surface area contributed by atoms with Crippen molar-refractivity contribution in [1.29, 1.82) is 0 Å². The van der Waals surface area contributed by atoms with E-state index < -0.39 is 0 Å². The van der Waals surface area contributed by atoms with Gasteiger partial charge in [-0.25, -0.2) is 0 Å². The van der Waals surface area contributed by atoms with Crippen LogP contribution >= 0.6 is 0 Å². The van der Waals surface area contributed by atoms with Crippen LogP contribution in [0, 0.1) is 6.08 Å². The maximum atomic E-state index is 8.64. The highest BCUT2D eigenvalue weighted by Crippen LogP contribution is 2.05.